The Balaban J connectivity index is 1.72. The third kappa shape index (κ3) is 2.69. The molecule has 1 amide bonds. The fraction of sp³-hybridized carbons (Fsp3) is 0.467. The molecule has 6 heteroatoms. The van der Waals surface area contributed by atoms with Crippen LogP contribution in [0.3, 0.4) is 0 Å². The van der Waals surface area contributed by atoms with Crippen LogP contribution in [0.5, 0.6) is 0 Å². The Morgan fingerprint density at radius 1 is 1.10 bits per heavy atom. The van der Waals surface area contributed by atoms with E-state index in [4.69, 9.17) is 11.6 Å². The van der Waals surface area contributed by atoms with Crippen LogP contribution < -0.4 is 4.90 Å². The number of carbonyl (C=O) groups excluding carboxylic acids is 2. The molecule has 1 aromatic rings. The zero-order chi connectivity index (χ0) is 15.0. The molecule has 2 aliphatic rings. The van der Waals surface area contributed by atoms with Crippen molar-refractivity contribution in [1.82, 2.24) is 9.80 Å². The van der Waals surface area contributed by atoms with E-state index in [1.165, 1.54) is 4.90 Å². The van der Waals surface area contributed by atoms with Crippen molar-refractivity contribution in [2.75, 3.05) is 51.2 Å². The van der Waals surface area contributed by atoms with Crippen LogP contribution in [0.15, 0.2) is 18.2 Å². The summed E-state index contributed by atoms with van der Waals surface area (Å²) in [4.78, 5) is 30.2. The van der Waals surface area contributed by atoms with Gasteiger partial charge in [-0.1, -0.05) is 17.7 Å². The number of rotatable bonds is 3. The third-order valence-corrected chi connectivity index (χ3v) is 4.48. The lowest BCUT2D eigenvalue weighted by Gasteiger charge is -2.33. The largest absolute Gasteiger partial charge is 0.304 e. The Morgan fingerprint density at radius 3 is 2.52 bits per heavy atom. The van der Waals surface area contributed by atoms with Gasteiger partial charge in [-0.25, -0.2) is 0 Å². The zero-order valence-corrected chi connectivity index (χ0v) is 12.8. The summed E-state index contributed by atoms with van der Waals surface area (Å²) in [6.07, 6.45) is 0. The molecule has 21 heavy (non-hydrogen) atoms. The van der Waals surface area contributed by atoms with E-state index < -0.39 is 11.7 Å². The first-order valence-corrected chi connectivity index (χ1v) is 7.51. The maximum atomic E-state index is 12.1. The topological polar surface area (TPSA) is 43.9 Å². The Kier molecular flexibility index (Phi) is 3.97. The van der Waals surface area contributed by atoms with E-state index in [9.17, 15) is 9.59 Å². The van der Waals surface area contributed by atoms with Gasteiger partial charge in [0.15, 0.2) is 0 Å². The molecule has 0 spiro atoms. The summed E-state index contributed by atoms with van der Waals surface area (Å²) in [6.45, 7) is 5.31. The standard InChI is InChI=1S/C15H18ClN3O2/c1-17-5-7-18(8-6-17)9-10-19-13-11(14(20)15(19)21)3-2-4-12(13)16/h2-4H,5-10H2,1H3. The minimum atomic E-state index is -0.466. The van der Waals surface area contributed by atoms with Gasteiger partial charge in [0.2, 0.25) is 0 Å². The number of halogens is 1. The first kappa shape index (κ1) is 14.5. The molecule has 0 bridgehead atoms. The molecule has 3 rings (SSSR count). The highest BCUT2D eigenvalue weighted by atomic mass is 35.5. The second-order valence-electron chi connectivity index (χ2n) is 5.57. The van der Waals surface area contributed by atoms with Crippen LogP contribution in [0.2, 0.25) is 5.02 Å². The second kappa shape index (κ2) is 5.75. The van der Waals surface area contributed by atoms with Crippen LogP contribution in [0, 0.1) is 0 Å². The van der Waals surface area contributed by atoms with Crippen molar-refractivity contribution in [3.05, 3.63) is 28.8 Å². The molecule has 1 fully saturated rings. The summed E-state index contributed by atoms with van der Waals surface area (Å²) in [5.74, 6) is -0.918. The lowest BCUT2D eigenvalue weighted by Crippen LogP contribution is -2.47. The van der Waals surface area contributed by atoms with Crippen LogP contribution in [0.4, 0.5) is 5.69 Å². The predicted octanol–water partition coefficient (Wildman–Crippen LogP) is 1.12. The second-order valence-corrected chi connectivity index (χ2v) is 5.97. The van der Waals surface area contributed by atoms with E-state index in [-0.39, 0.29) is 0 Å². The number of fused-ring (bicyclic) bond motifs is 1. The van der Waals surface area contributed by atoms with E-state index in [1.54, 1.807) is 18.2 Å². The number of Topliss-reactive ketones (excluding diaryl/α,β-unsaturated/α-hetero) is 1. The normalized spacial score (nSPS) is 20.2. The van der Waals surface area contributed by atoms with Gasteiger partial charge in [0.25, 0.3) is 11.7 Å². The predicted molar refractivity (Wildman–Crippen MR) is 82.1 cm³/mol. The van der Waals surface area contributed by atoms with Gasteiger partial charge in [-0.3, -0.25) is 14.5 Å². The summed E-state index contributed by atoms with van der Waals surface area (Å²) in [5, 5.41) is 0.463. The summed E-state index contributed by atoms with van der Waals surface area (Å²) in [5.41, 5.74) is 0.995. The highest BCUT2D eigenvalue weighted by Crippen LogP contribution is 2.35. The highest BCUT2D eigenvalue weighted by molar-refractivity contribution is 6.54. The number of hydrogen-bond acceptors (Lipinski definition) is 4. The van der Waals surface area contributed by atoms with E-state index in [1.807, 2.05) is 0 Å². The Hall–Kier alpha value is -1.43. The van der Waals surface area contributed by atoms with Crippen molar-refractivity contribution < 1.29 is 9.59 Å². The average Bonchev–Trinajstić information content (AvgIpc) is 2.73. The molecule has 0 unspecified atom stereocenters. The number of benzene rings is 1. The van der Waals surface area contributed by atoms with Crippen molar-refractivity contribution in [2.45, 2.75) is 0 Å². The van der Waals surface area contributed by atoms with Gasteiger partial charge in [0, 0.05) is 39.3 Å². The van der Waals surface area contributed by atoms with E-state index in [0.29, 0.717) is 22.8 Å². The molecule has 5 nitrogen and oxygen atoms in total. The Bertz CT molecular complexity index is 582. The van der Waals surface area contributed by atoms with Crippen LogP contribution in [-0.4, -0.2) is 67.8 Å². The lowest BCUT2D eigenvalue weighted by molar-refractivity contribution is -0.114. The van der Waals surface area contributed by atoms with Gasteiger partial charge in [-0.05, 0) is 19.2 Å². The van der Waals surface area contributed by atoms with Gasteiger partial charge in [-0.2, -0.15) is 0 Å². The number of nitrogens with zero attached hydrogens (tertiary/aromatic N) is 3. The van der Waals surface area contributed by atoms with Crippen molar-refractivity contribution in [3.63, 3.8) is 0 Å². The minimum absolute atomic E-state index is 0.422. The van der Waals surface area contributed by atoms with E-state index in [0.717, 1.165) is 32.7 Å². The van der Waals surface area contributed by atoms with Crippen LogP contribution in [-0.2, 0) is 4.79 Å². The number of hydrogen-bond donors (Lipinski definition) is 0. The Labute approximate surface area is 129 Å². The molecule has 2 heterocycles. The number of amides is 1. The van der Waals surface area contributed by atoms with Crippen molar-refractivity contribution in [3.8, 4) is 0 Å². The SMILES string of the molecule is CN1CCN(CCN2C(=O)C(=O)c3cccc(Cl)c32)CC1. The fourth-order valence-corrected chi connectivity index (χ4v) is 3.12. The molecule has 1 aromatic carbocycles. The van der Waals surface area contributed by atoms with Crippen LogP contribution >= 0.6 is 11.6 Å². The fourth-order valence-electron chi connectivity index (χ4n) is 2.84. The van der Waals surface area contributed by atoms with E-state index >= 15 is 0 Å². The molecule has 0 radical (unpaired) electrons. The lowest BCUT2D eigenvalue weighted by atomic mass is 10.1. The molecule has 112 valence electrons. The summed E-state index contributed by atoms with van der Waals surface area (Å²) < 4.78 is 0. The van der Waals surface area contributed by atoms with Gasteiger partial charge in [0.05, 0.1) is 16.3 Å². The number of carbonyl (C=O) groups is 2. The molecule has 0 atom stereocenters. The van der Waals surface area contributed by atoms with E-state index in [2.05, 4.69) is 16.8 Å². The Morgan fingerprint density at radius 2 is 1.81 bits per heavy atom. The molecule has 0 aromatic heterocycles. The first-order valence-electron chi connectivity index (χ1n) is 7.13. The zero-order valence-electron chi connectivity index (χ0n) is 12.0. The van der Waals surface area contributed by atoms with Crippen molar-refractivity contribution in [1.29, 1.82) is 0 Å². The molecule has 0 saturated carbocycles. The van der Waals surface area contributed by atoms with Gasteiger partial charge in [0.1, 0.15) is 0 Å². The van der Waals surface area contributed by atoms with Crippen LogP contribution in [0.1, 0.15) is 10.4 Å². The smallest absolute Gasteiger partial charge is 0.299 e. The molecule has 2 aliphatic heterocycles. The maximum Gasteiger partial charge on any atom is 0.299 e. The summed E-state index contributed by atoms with van der Waals surface area (Å²) >= 11 is 6.17. The van der Waals surface area contributed by atoms with Gasteiger partial charge < -0.3 is 9.80 Å². The first-order chi connectivity index (χ1) is 10.1. The third-order valence-electron chi connectivity index (χ3n) is 4.18. The van der Waals surface area contributed by atoms with Crippen LogP contribution in [0.25, 0.3) is 0 Å². The molecular weight excluding hydrogens is 290 g/mol. The number of anilines is 1. The monoisotopic (exact) mass is 307 g/mol. The van der Waals surface area contributed by atoms with Crippen molar-refractivity contribution >= 4 is 29.0 Å². The van der Waals surface area contributed by atoms with Gasteiger partial charge >= 0.3 is 0 Å². The summed E-state index contributed by atoms with van der Waals surface area (Å²) in [7, 11) is 2.11. The van der Waals surface area contributed by atoms with Crippen molar-refractivity contribution in [2.24, 2.45) is 0 Å². The number of piperazine rings is 1. The average molecular weight is 308 g/mol. The van der Waals surface area contributed by atoms with Gasteiger partial charge in [-0.15, -0.1) is 0 Å². The molecule has 1 saturated heterocycles. The minimum Gasteiger partial charge on any atom is -0.304 e. The molecule has 0 N–H and O–H groups in total. The highest BCUT2D eigenvalue weighted by Gasteiger charge is 2.37. The maximum absolute atomic E-state index is 12.1. The molecular formula is C15H18ClN3O2. The number of para-hydroxylation sites is 1. The quantitative estimate of drug-likeness (QED) is 0.785. The molecule has 0 aliphatic carbocycles. The number of likely N-dealkylation sites (N-methyl/N-ethyl adjacent to an activating group) is 1. The number of ketones is 1. The summed E-state index contributed by atoms with van der Waals surface area (Å²) in [6, 6.07) is 5.09.